The molecule has 1 saturated heterocycles. The fraction of sp³-hybridized carbons (Fsp3) is 0.267. The first-order valence-electron chi connectivity index (χ1n) is 13.1. The van der Waals surface area contributed by atoms with E-state index in [1.54, 1.807) is 66.8 Å². The van der Waals surface area contributed by atoms with E-state index in [1.165, 1.54) is 16.7 Å². The van der Waals surface area contributed by atoms with Gasteiger partial charge in [0.25, 0.3) is 0 Å². The van der Waals surface area contributed by atoms with Crippen LogP contribution in [0.15, 0.2) is 72.0 Å². The maximum atomic E-state index is 14.9. The molecule has 1 aliphatic heterocycles. The summed E-state index contributed by atoms with van der Waals surface area (Å²) in [5.41, 5.74) is 0.298. The number of carbonyl (C=O) groups excluding carboxylic acids is 1. The van der Waals surface area contributed by atoms with Gasteiger partial charge in [0.1, 0.15) is 18.8 Å². The molecule has 1 fully saturated rings. The van der Waals surface area contributed by atoms with Crippen molar-refractivity contribution in [2.24, 2.45) is 0 Å². The number of hydrogen-bond donors (Lipinski definition) is 0. The number of aromatic nitrogens is 3. The van der Waals surface area contributed by atoms with Gasteiger partial charge in [0.05, 0.1) is 21.8 Å². The monoisotopic (exact) mass is 593 g/mol. The van der Waals surface area contributed by atoms with Crippen molar-refractivity contribution in [1.29, 1.82) is 0 Å². The standard InChI is InChI=1S/C30H30ClFN5O3P/c1-6-26(38)35-16-19(3)36(17-18(35)2)28-21-15-22(31)27(20-11-7-8-12-23(20)32)33-29(21)37(30(39)34-28)24-13-9-10-14-25(24)41(4,5)40/h6-15,18-19H,1,16-17H2,2-5H3/t18-,19+/m1/s1. The summed E-state index contributed by atoms with van der Waals surface area (Å²) in [6.45, 7) is 11.5. The Morgan fingerprint density at radius 2 is 1.76 bits per heavy atom. The third-order valence-corrected chi connectivity index (χ3v) is 9.18. The van der Waals surface area contributed by atoms with E-state index in [9.17, 15) is 18.5 Å². The van der Waals surface area contributed by atoms with E-state index in [4.69, 9.17) is 16.6 Å². The molecule has 2 atom stereocenters. The van der Waals surface area contributed by atoms with Crippen LogP contribution in [0.25, 0.3) is 28.0 Å². The molecule has 2 aromatic carbocycles. The SMILES string of the molecule is C=CC(=O)N1C[C@H](C)N(c2nc(=O)n(-c3ccccc3P(C)(C)=O)c3nc(-c4ccccc4F)c(Cl)cc23)C[C@H]1C. The van der Waals surface area contributed by atoms with Gasteiger partial charge in [-0.3, -0.25) is 4.79 Å². The number of fused-ring (bicyclic) bond motifs is 1. The Bertz CT molecular complexity index is 1800. The summed E-state index contributed by atoms with van der Waals surface area (Å²) in [6, 6.07) is 14.3. The van der Waals surface area contributed by atoms with Gasteiger partial charge in [-0.2, -0.15) is 4.98 Å². The summed E-state index contributed by atoms with van der Waals surface area (Å²) in [5, 5.41) is 1.14. The second kappa shape index (κ2) is 10.9. The first-order valence-corrected chi connectivity index (χ1v) is 16.1. The second-order valence-electron chi connectivity index (χ2n) is 10.6. The molecular weight excluding hydrogens is 564 g/mol. The number of halogens is 2. The lowest BCUT2D eigenvalue weighted by atomic mass is 10.1. The van der Waals surface area contributed by atoms with Crippen LogP contribution in [0.3, 0.4) is 0 Å². The van der Waals surface area contributed by atoms with E-state index >= 15 is 0 Å². The van der Waals surface area contributed by atoms with E-state index in [2.05, 4.69) is 11.6 Å². The van der Waals surface area contributed by atoms with Crippen molar-refractivity contribution in [3.63, 3.8) is 0 Å². The summed E-state index contributed by atoms with van der Waals surface area (Å²) in [4.78, 5) is 39.3. The molecule has 1 aliphatic rings. The predicted molar refractivity (Wildman–Crippen MR) is 163 cm³/mol. The Morgan fingerprint density at radius 3 is 2.44 bits per heavy atom. The normalized spacial score (nSPS) is 17.6. The number of amides is 1. The average Bonchev–Trinajstić information content (AvgIpc) is 2.93. The van der Waals surface area contributed by atoms with E-state index in [0.717, 1.165) is 0 Å². The highest BCUT2D eigenvalue weighted by atomic mass is 35.5. The fourth-order valence-electron chi connectivity index (χ4n) is 5.34. The van der Waals surface area contributed by atoms with Crippen LogP contribution in [0, 0.1) is 5.82 Å². The highest BCUT2D eigenvalue weighted by Gasteiger charge is 2.34. The van der Waals surface area contributed by atoms with E-state index in [1.807, 2.05) is 18.7 Å². The van der Waals surface area contributed by atoms with Crippen LogP contribution >= 0.6 is 18.7 Å². The Kier molecular flexibility index (Phi) is 7.62. The Labute approximate surface area is 242 Å². The largest absolute Gasteiger partial charge is 0.355 e. The zero-order valence-electron chi connectivity index (χ0n) is 23.2. The van der Waals surface area contributed by atoms with Crippen molar-refractivity contribution in [3.05, 3.63) is 88.6 Å². The summed E-state index contributed by atoms with van der Waals surface area (Å²) in [5.74, 6) is -0.326. The van der Waals surface area contributed by atoms with Crippen LogP contribution in [-0.4, -0.2) is 63.8 Å². The smallest absolute Gasteiger partial charge is 0.349 e. The molecule has 8 nitrogen and oxygen atoms in total. The Hall–Kier alpha value is -3.81. The Morgan fingerprint density at radius 1 is 1.07 bits per heavy atom. The summed E-state index contributed by atoms with van der Waals surface area (Å²) < 4.78 is 29.5. The van der Waals surface area contributed by atoms with Crippen molar-refractivity contribution in [2.45, 2.75) is 25.9 Å². The topological polar surface area (TPSA) is 88.4 Å². The number of pyridine rings is 1. The van der Waals surface area contributed by atoms with Crippen molar-refractivity contribution in [2.75, 3.05) is 31.3 Å². The zero-order valence-corrected chi connectivity index (χ0v) is 24.9. The first-order chi connectivity index (χ1) is 19.4. The molecule has 0 spiro atoms. The quantitative estimate of drug-likeness (QED) is 0.236. The maximum absolute atomic E-state index is 14.9. The molecule has 0 saturated carbocycles. The van der Waals surface area contributed by atoms with Crippen molar-refractivity contribution in [1.82, 2.24) is 19.4 Å². The van der Waals surface area contributed by atoms with Crippen molar-refractivity contribution < 1.29 is 13.8 Å². The molecule has 0 aliphatic carbocycles. The molecule has 1 amide bonds. The number of carbonyl (C=O) groups is 1. The molecule has 41 heavy (non-hydrogen) atoms. The third-order valence-electron chi connectivity index (χ3n) is 7.35. The molecule has 3 heterocycles. The lowest BCUT2D eigenvalue weighted by Crippen LogP contribution is -2.58. The zero-order chi connectivity index (χ0) is 29.6. The second-order valence-corrected chi connectivity index (χ2v) is 14.2. The van der Waals surface area contributed by atoms with Gasteiger partial charge in [-0.1, -0.05) is 42.4 Å². The van der Waals surface area contributed by atoms with Crippen LogP contribution < -0.4 is 15.9 Å². The van der Waals surface area contributed by atoms with Crippen molar-refractivity contribution >= 4 is 46.8 Å². The number of nitrogens with zero attached hydrogens (tertiary/aromatic N) is 5. The molecule has 0 unspecified atom stereocenters. The van der Waals surface area contributed by atoms with Gasteiger partial charge in [-0.25, -0.2) is 18.7 Å². The number of anilines is 1. The van der Waals surface area contributed by atoms with Gasteiger partial charge < -0.3 is 14.4 Å². The summed E-state index contributed by atoms with van der Waals surface area (Å²) in [6.07, 6.45) is 1.29. The van der Waals surface area contributed by atoms with Gasteiger partial charge in [-0.05, 0) is 63.6 Å². The summed E-state index contributed by atoms with van der Waals surface area (Å²) in [7, 11) is -2.84. The lowest BCUT2D eigenvalue weighted by Gasteiger charge is -2.44. The lowest BCUT2D eigenvalue weighted by molar-refractivity contribution is -0.128. The minimum Gasteiger partial charge on any atom is -0.349 e. The number of para-hydroxylation sites is 1. The van der Waals surface area contributed by atoms with Gasteiger partial charge in [0.15, 0.2) is 5.65 Å². The minimum absolute atomic E-state index is 0.166. The number of benzene rings is 2. The number of rotatable bonds is 5. The highest BCUT2D eigenvalue weighted by Crippen LogP contribution is 2.39. The van der Waals surface area contributed by atoms with Crippen LogP contribution in [-0.2, 0) is 9.36 Å². The van der Waals surface area contributed by atoms with Gasteiger partial charge in [0, 0.05) is 36.0 Å². The fourth-order valence-corrected chi connectivity index (χ4v) is 6.76. The highest BCUT2D eigenvalue weighted by molar-refractivity contribution is 7.70. The maximum Gasteiger partial charge on any atom is 0.355 e. The first kappa shape index (κ1) is 28.7. The molecule has 0 N–H and O–H groups in total. The molecular formula is C30H30ClFN5O3P. The molecule has 11 heteroatoms. The average molecular weight is 594 g/mol. The third kappa shape index (κ3) is 5.20. The molecule has 2 aromatic heterocycles. The molecule has 0 bridgehead atoms. The molecule has 4 aromatic rings. The van der Waals surface area contributed by atoms with Crippen LogP contribution in [0.2, 0.25) is 5.02 Å². The van der Waals surface area contributed by atoms with E-state index in [0.29, 0.717) is 35.3 Å². The molecule has 212 valence electrons. The van der Waals surface area contributed by atoms with Crippen LogP contribution in [0.1, 0.15) is 13.8 Å². The van der Waals surface area contributed by atoms with Crippen LogP contribution in [0.5, 0.6) is 0 Å². The summed E-state index contributed by atoms with van der Waals surface area (Å²) >= 11 is 6.74. The van der Waals surface area contributed by atoms with Gasteiger partial charge >= 0.3 is 5.69 Å². The van der Waals surface area contributed by atoms with Gasteiger partial charge in [0.2, 0.25) is 5.91 Å². The minimum atomic E-state index is -2.84. The Balaban J connectivity index is 1.82. The molecule has 5 rings (SSSR count). The number of piperazine rings is 1. The van der Waals surface area contributed by atoms with E-state index < -0.39 is 18.6 Å². The molecule has 0 radical (unpaired) electrons. The predicted octanol–water partition coefficient (Wildman–Crippen LogP) is 5.10. The van der Waals surface area contributed by atoms with Crippen LogP contribution in [0.4, 0.5) is 10.2 Å². The van der Waals surface area contributed by atoms with Gasteiger partial charge in [-0.15, -0.1) is 0 Å². The van der Waals surface area contributed by atoms with E-state index in [-0.39, 0.29) is 39.9 Å². The number of hydrogen-bond acceptors (Lipinski definition) is 6. The van der Waals surface area contributed by atoms with Crippen molar-refractivity contribution in [3.8, 4) is 16.9 Å².